The number of pyridine rings is 2. The first-order chi connectivity index (χ1) is 35.2. The summed E-state index contributed by atoms with van der Waals surface area (Å²) < 4.78 is 7.29. The molecule has 71 heavy (non-hydrogen) atoms. The summed E-state index contributed by atoms with van der Waals surface area (Å²) in [5.74, 6) is 1.67. The summed E-state index contributed by atoms with van der Waals surface area (Å²) >= 11 is 0. The van der Waals surface area contributed by atoms with Crippen LogP contribution in [0.3, 0.4) is 0 Å². The van der Waals surface area contributed by atoms with Gasteiger partial charge in [-0.2, -0.15) is 0 Å². The third kappa shape index (κ3) is 4.66. The maximum absolute atomic E-state index is 7.29. The molecule has 0 radical (unpaired) electrons. The highest BCUT2D eigenvalue weighted by Crippen LogP contribution is 2.68. The molecule has 1 atom stereocenters. The zero-order valence-corrected chi connectivity index (χ0v) is 38.4. The normalized spacial score (nSPS) is 16.8. The molecular weight excluding hydrogens is 863 g/mol. The Morgan fingerprint density at radius 1 is 0.310 bits per heavy atom. The van der Waals surface area contributed by atoms with Gasteiger partial charge in [0.25, 0.3) is 0 Å². The fourth-order valence-corrected chi connectivity index (χ4v) is 14.0. The van der Waals surface area contributed by atoms with E-state index in [2.05, 4.69) is 248 Å². The lowest BCUT2D eigenvalue weighted by Gasteiger charge is -2.46. The molecule has 4 heteroatoms. The summed E-state index contributed by atoms with van der Waals surface area (Å²) in [7, 11) is 0. The van der Waals surface area contributed by atoms with E-state index in [0.717, 1.165) is 62.2 Å². The van der Waals surface area contributed by atoms with E-state index in [0.29, 0.717) is 0 Å². The lowest BCUT2D eigenvalue weighted by molar-refractivity contribution is 0.435. The first-order valence-corrected chi connectivity index (χ1v) is 24.6. The molecule has 0 amide bonds. The van der Waals surface area contributed by atoms with Crippen LogP contribution in [0.15, 0.2) is 249 Å². The van der Waals surface area contributed by atoms with Crippen LogP contribution in [0, 0.1) is 0 Å². The van der Waals surface area contributed by atoms with E-state index in [-0.39, 0.29) is 0 Å². The van der Waals surface area contributed by atoms with Crippen LogP contribution < -0.4 is 9.64 Å². The predicted molar refractivity (Wildman–Crippen MR) is 282 cm³/mol. The second-order valence-electron chi connectivity index (χ2n) is 19.5. The molecule has 0 fully saturated rings. The SMILES string of the molecule is c1ccc(C2(c3ccccc3)c3ccccc3N(c3cnc4c(c3)C3(c5ccccc5Oc5cc6c(cc53)-c3ccccc3C63c5ccccc5-c5ccccc53)c3cccnc3-4)c3ccccc32)cc1. The van der Waals surface area contributed by atoms with Crippen molar-refractivity contribution in [2.45, 2.75) is 16.2 Å². The molecule has 2 aliphatic heterocycles. The molecule has 4 heterocycles. The number of rotatable bonds is 3. The molecule has 1 unspecified atom stereocenters. The second-order valence-corrected chi connectivity index (χ2v) is 19.5. The van der Waals surface area contributed by atoms with Crippen LogP contribution in [0.2, 0.25) is 0 Å². The Bertz CT molecular complexity index is 3930. The maximum atomic E-state index is 7.29. The van der Waals surface area contributed by atoms with Crippen molar-refractivity contribution in [1.82, 2.24) is 9.97 Å². The molecule has 330 valence electrons. The quantitative estimate of drug-likeness (QED) is 0.177. The molecule has 3 aliphatic carbocycles. The number of anilines is 3. The summed E-state index contributed by atoms with van der Waals surface area (Å²) in [5, 5.41) is 0. The zero-order chi connectivity index (χ0) is 46.5. The van der Waals surface area contributed by atoms with E-state index < -0.39 is 16.2 Å². The highest BCUT2D eigenvalue weighted by Gasteiger charge is 2.57. The highest BCUT2D eigenvalue weighted by molar-refractivity contribution is 5.98. The van der Waals surface area contributed by atoms with Crippen LogP contribution in [0.4, 0.5) is 17.1 Å². The Labute approximate surface area is 411 Å². The largest absolute Gasteiger partial charge is 0.457 e. The van der Waals surface area contributed by atoms with Crippen LogP contribution in [0.1, 0.15) is 66.8 Å². The monoisotopic (exact) mass is 903 g/mol. The summed E-state index contributed by atoms with van der Waals surface area (Å²) in [6.07, 6.45) is 3.97. The van der Waals surface area contributed by atoms with Gasteiger partial charge in [0.1, 0.15) is 11.5 Å². The summed E-state index contributed by atoms with van der Waals surface area (Å²) in [6, 6.07) is 87.1. The number of aromatic nitrogens is 2. The van der Waals surface area contributed by atoms with Gasteiger partial charge in [-0.3, -0.25) is 9.97 Å². The lowest BCUT2D eigenvalue weighted by atomic mass is 9.62. The Kier molecular flexibility index (Phi) is 7.65. The number of hydrogen-bond acceptors (Lipinski definition) is 4. The molecule has 2 aromatic heterocycles. The van der Waals surface area contributed by atoms with Crippen molar-refractivity contribution < 1.29 is 4.74 Å². The topological polar surface area (TPSA) is 38.2 Å². The van der Waals surface area contributed by atoms with E-state index in [1.165, 1.54) is 66.8 Å². The zero-order valence-electron chi connectivity index (χ0n) is 38.4. The van der Waals surface area contributed by atoms with Gasteiger partial charge >= 0.3 is 0 Å². The molecule has 0 N–H and O–H groups in total. The van der Waals surface area contributed by atoms with Crippen molar-refractivity contribution in [3.05, 3.63) is 316 Å². The minimum Gasteiger partial charge on any atom is -0.457 e. The first-order valence-electron chi connectivity index (χ1n) is 24.6. The number of hydrogen-bond donors (Lipinski definition) is 0. The third-order valence-corrected chi connectivity index (χ3v) is 16.5. The standard InChI is InChI=1S/C67H41N3O/c1-3-20-42(21-4-1)65(43-22-5-2-6-23-43)52-30-13-16-34-59(52)70(60-35-17-14-31-53(60)65)44-38-58-64(69-41-44)63-55(33-19-37-68-63)67(58)54-32-15-18-36-61(54)71-62-40-56-48(39-57(62)67)47-26-9-12-29-51(47)66(56)49-27-10-7-24-45(49)46-25-8-11-28-50(46)66/h1-41H. The van der Waals surface area contributed by atoms with Crippen molar-refractivity contribution in [1.29, 1.82) is 0 Å². The molecule has 4 nitrogen and oxygen atoms in total. The number of fused-ring (bicyclic) bond motifs is 21. The second kappa shape index (κ2) is 14.0. The number of nitrogens with zero attached hydrogens (tertiary/aromatic N) is 3. The number of benzene rings is 9. The number of para-hydroxylation sites is 3. The summed E-state index contributed by atoms with van der Waals surface area (Å²) in [5.41, 5.74) is 22.3. The van der Waals surface area contributed by atoms with E-state index in [1.54, 1.807) is 0 Å². The van der Waals surface area contributed by atoms with Gasteiger partial charge in [0.15, 0.2) is 0 Å². The molecule has 11 aromatic rings. The van der Waals surface area contributed by atoms with Gasteiger partial charge in [0.2, 0.25) is 0 Å². The van der Waals surface area contributed by atoms with Crippen LogP contribution in [0.25, 0.3) is 33.6 Å². The average Bonchev–Trinajstić information content (AvgIpc) is 4.02. The van der Waals surface area contributed by atoms with E-state index in [1.807, 2.05) is 6.20 Å². The molecule has 0 saturated heterocycles. The van der Waals surface area contributed by atoms with Crippen LogP contribution in [-0.2, 0) is 16.2 Å². The highest BCUT2D eigenvalue weighted by atomic mass is 16.5. The van der Waals surface area contributed by atoms with E-state index in [4.69, 9.17) is 14.7 Å². The fourth-order valence-electron chi connectivity index (χ4n) is 14.0. The van der Waals surface area contributed by atoms with Crippen molar-refractivity contribution in [3.8, 4) is 45.1 Å². The maximum Gasteiger partial charge on any atom is 0.132 e. The van der Waals surface area contributed by atoms with E-state index >= 15 is 0 Å². The minimum atomic E-state index is -0.829. The van der Waals surface area contributed by atoms with Gasteiger partial charge in [0, 0.05) is 22.9 Å². The van der Waals surface area contributed by atoms with Crippen molar-refractivity contribution >= 4 is 17.1 Å². The third-order valence-electron chi connectivity index (χ3n) is 16.5. The van der Waals surface area contributed by atoms with Gasteiger partial charge < -0.3 is 9.64 Å². The average molecular weight is 904 g/mol. The van der Waals surface area contributed by atoms with Crippen molar-refractivity contribution in [2.75, 3.05) is 4.90 Å². The smallest absolute Gasteiger partial charge is 0.132 e. The summed E-state index contributed by atoms with van der Waals surface area (Å²) in [6.45, 7) is 0. The minimum absolute atomic E-state index is 0.521. The predicted octanol–water partition coefficient (Wildman–Crippen LogP) is 15.5. The molecule has 2 spiro atoms. The van der Waals surface area contributed by atoms with Gasteiger partial charge in [-0.15, -0.1) is 0 Å². The van der Waals surface area contributed by atoms with Crippen molar-refractivity contribution in [2.24, 2.45) is 0 Å². The molecule has 5 aliphatic rings. The van der Waals surface area contributed by atoms with Crippen LogP contribution >= 0.6 is 0 Å². The van der Waals surface area contributed by atoms with Crippen LogP contribution in [0.5, 0.6) is 11.5 Å². The van der Waals surface area contributed by atoms with Gasteiger partial charge in [-0.05, 0) is 115 Å². The molecule has 9 aromatic carbocycles. The van der Waals surface area contributed by atoms with Gasteiger partial charge in [0.05, 0.1) is 50.9 Å². The lowest BCUT2D eigenvalue weighted by Crippen LogP contribution is -2.38. The fraction of sp³-hybridized carbons (Fsp3) is 0.0448. The Hall–Kier alpha value is -9.12. The Balaban J connectivity index is 0.980. The molecule has 0 bridgehead atoms. The Morgan fingerprint density at radius 2 is 0.789 bits per heavy atom. The molecular formula is C67H41N3O. The number of ether oxygens (including phenoxy) is 1. The molecule has 16 rings (SSSR count). The van der Waals surface area contributed by atoms with Crippen molar-refractivity contribution in [3.63, 3.8) is 0 Å². The van der Waals surface area contributed by atoms with Gasteiger partial charge in [-0.25, -0.2) is 0 Å². The van der Waals surface area contributed by atoms with E-state index in [9.17, 15) is 0 Å². The summed E-state index contributed by atoms with van der Waals surface area (Å²) in [4.78, 5) is 13.2. The van der Waals surface area contributed by atoms with Gasteiger partial charge in [-0.1, -0.05) is 194 Å². The Morgan fingerprint density at radius 3 is 1.41 bits per heavy atom. The first kappa shape index (κ1) is 38.8. The molecule has 0 saturated carbocycles. The van der Waals surface area contributed by atoms with Crippen LogP contribution in [-0.4, -0.2) is 9.97 Å².